The summed E-state index contributed by atoms with van der Waals surface area (Å²) in [7, 11) is 0. The first kappa shape index (κ1) is 12.5. The Balaban J connectivity index is 1.66. The van der Waals surface area contributed by atoms with E-state index in [4.69, 9.17) is 0 Å². The maximum atomic E-state index is 12.6. The van der Waals surface area contributed by atoms with Crippen molar-refractivity contribution in [1.29, 1.82) is 0 Å². The number of fused-ring (bicyclic) bond motifs is 2. The van der Waals surface area contributed by atoms with Crippen LogP contribution in [0.25, 0.3) is 5.65 Å². The molecule has 0 aromatic carbocycles. The summed E-state index contributed by atoms with van der Waals surface area (Å²) in [6.07, 6.45) is 0.923. The predicted molar refractivity (Wildman–Crippen MR) is 78.3 cm³/mol. The van der Waals surface area contributed by atoms with Gasteiger partial charge in [-0.3, -0.25) is 4.79 Å². The van der Waals surface area contributed by atoms with E-state index in [0.717, 1.165) is 13.0 Å². The summed E-state index contributed by atoms with van der Waals surface area (Å²) in [5.74, 6) is 0.639. The fraction of sp³-hybridized carbons (Fsp3) is 0.286. The minimum absolute atomic E-state index is 0.0400. The van der Waals surface area contributed by atoms with Gasteiger partial charge in [0.1, 0.15) is 5.69 Å². The zero-order valence-corrected chi connectivity index (χ0v) is 12.3. The Hall–Kier alpha value is -2.28. The summed E-state index contributed by atoms with van der Waals surface area (Å²) < 4.78 is 1.60. The van der Waals surface area contributed by atoms with Gasteiger partial charge in [-0.2, -0.15) is 9.61 Å². The molecule has 6 nitrogen and oxygen atoms in total. The number of nitrogens with zero attached hydrogens (tertiary/aromatic N) is 5. The molecule has 7 heteroatoms. The van der Waals surface area contributed by atoms with Crippen LogP contribution in [-0.2, 0) is 13.0 Å². The monoisotopic (exact) mass is 299 g/mol. The summed E-state index contributed by atoms with van der Waals surface area (Å²) in [6.45, 7) is 3.23. The van der Waals surface area contributed by atoms with Gasteiger partial charge in [0.15, 0.2) is 11.5 Å². The van der Waals surface area contributed by atoms with Gasteiger partial charge in [-0.25, -0.2) is 0 Å². The molecule has 3 aromatic heterocycles. The van der Waals surface area contributed by atoms with Crippen molar-refractivity contribution in [1.82, 2.24) is 24.7 Å². The summed E-state index contributed by atoms with van der Waals surface area (Å²) in [5, 5.41) is 14.4. The van der Waals surface area contributed by atoms with Crippen LogP contribution in [0.3, 0.4) is 0 Å². The van der Waals surface area contributed by atoms with Crippen LogP contribution in [0.4, 0.5) is 0 Å². The van der Waals surface area contributed by atoms with E-state index in [1.165, 1.54) is 10.4 Å². The van der Waals surface area contributed by atoms with Gasteiger partial charge >= 0.3 is 0 Å². The Morgan fingerprint density at radius 2 is 2.19 bits per heavy atom. The summed E-state index contributed by atoms with van der Waals surface area (Å²) in [6, 6.07) is 5.59. The Labute approximate surface area is 125 Å². The Morgan fingerprint density at radius 1 is 1.29 bits per heavy atom. The molecule has 1 aliphatic rings. The molecular weight excluding hydrogens is 286 g/mol. The van der Waals surface area contributed by atoms with Crippen molar-refractivity contribution >= 4 is 22.9 Å². The third kappa shape index (κ3) is 2.01. The van der Waals surface area contributed by atoms with Gasteiger partial charge in [0, 0.05) is 18.0 Å². The van der Waals surface area contributed by atoms with E-state index in [1.807, 2.05) is 11.8 Å². The van der Waals surface area contributed by atoms with Crippen molar-refractivity contribution < 1.29 is 4.79 Å². The first-order valence-corrected chi connectivity index (χ1v) is 7.64. The molecule has 4 heterocycles. The number of aromatic nitrogens is 4. The van der Waals surface area contributed by atoms with Gasteiger partial charge in [-0.1, -0.05) is 0 Å². The number of carbonyl (C=O) groups is 1. The van der Waals surface area contributed by atoms with Crippen molar-refractivity contribution in [2.75, 3.05) is 6.54 Å². The first-order chi connectivity index (χ1) is 10.2. The zero-order valence-electron chi connectivity index (χ0n) is 11.5. The van der Waals surface area contributed by atoms with Crippen LogP contribution in [0.5, 0.6) is 0 Å². The minimum atomic E-state index is -0.0400. The predicted octanol–water partition coefficient (Wildman–Crippen LogP) is 1.69. The van der Waals surface area contributed by atoms with E-state index in [9.17, 15) is 4.79 Å². The highest BCUT2D eigenvalue weighted by atomic mass is 32.1. The number of hydrogen-bond acceptors (Lipinski definition) is 5. The maximum Gasteiger partial charge on any atom is 0.274 e. The molecule has 106 valence electrons. The maximum absolute atomic E-state index is 12.6. The molecule has 1 aliphatic heterocycles. The lowest BCUT2D eigenvalue weighted by Crippen LogP contribution is -2.36. The Morgan fingerprint density at radius 3 is 3.10 bits per heavy atom. The standard InChI is InChI=1S/C14H13N5OS/c1-9-15-16-13-3-2-11(17-19(9)13)14(20)18-6-4-12-10(8-18)5-7-21-12/h2-3,5,7H,4,6,8H2,1H3. The molecule has 4 rings (SSSR count). The number of aryl methyl sites for hydroxylation is 1. The molecule has 0 saturated heterocycles. The highest BCUT2D eigenvalue weighted by molar-refractivity contribution is 7.10. The molecule has 1 amide bonds. The molecule has 0 unspecified atom stereocenters. The quantitative estimate of drug-likeness (QED) is 0.686. The SMILES string of the molecule is Cc1nnc2ccc(C(=O)N3CCc4sccc4C3)nn12. The van der Waals surface area contributed by atoms with Crippen LogP contribution in [-0.4, -0.2) is 37.2 Å². The lowest BCUT2D eigenvalue weighted by Gasteiger charge is -2.26. The van der Waals surface area contributed by atoms with Crippen molar-refractivity contribution in [3.8, 4) is 0 Å². The van der Waals surface area contributed by atoms with Crippen LogP contribution in [0.1, 0.15) is 26.8 Å². The van der Waals surface area contributed by atoms with E-state index in [-0.39, 0.29) is 5.91 Å². The minimum Gasteiger partial charge on any atom is -0.333 e. The van der Waals surface area contributed by atoms with Gasteiger partial charge in [0.25, 0.3) is 5.91 Å². The number of hydrogen-bond donors (Lipinski definition) is 0. The van der Waals surface area contributed by atoms with E-state index in [2.05, 4.69) is 26.7 Å². The second-order valence-electron chi connectivity index (χ2n) is 5.08. The molecule has 0 atom stereocenters. The molecule has 0 spiro atoms. The molecule has 0 radical (unpaired) electrons. The molecule has 0 N–H and O–H groups in total. The van der Waals surface area contributed by atoms with Gasteiger partial charge in [-0.15, -0.1) is 21.5 Å². The number of carbonyl (C=O) groups excluding carboxylic acids is 1. The number of amides is 1. The van der Waals surface area contributed by atoms with Gasteiger partial charge < -0.3 is 4.90 Å². The average Bonchev–Trinajstić information content (AvgIpc) is 3.12. The van der Waals surface area contributed by atoms with E-state index >= 15 is 0 Å². The number of rotatable bonds is 1. The fourth-order valence-corrected chi connectivity index (χ4v) is 3.48. The van der Waals surface area contributed by atoms with Crippen LogP contribution in [0, 0.1) is 6.92 Å². The van der Waals surface area contributed by atoms with Crippen LogP contribution < -0.4 is 0 Å². The summed E-state index contributed by atoms with van der Waals surface area (Å²) in [5.41, 5.74) is 2.34. The van der Waals surface area contributed by atoms with Crippen LogP contribution in [0.15, 0.2) is 23.6 Å². The Kier molecular flexibility index (Phi) is 2.75. The van der Waals surface area contributed by atoms with Crippen LogP contribution >= 0.6 is 11.3 Å². The van der Waals surface area contributed by atoms with E-state index in [0.29, 0.717) is 23.7 Å². The largest absolute Gasteiger partial charge is 0.333 e. The molecular formula is C14H13N5OS. The zero-order chi connectivity index (χ0) is 14.4. The Bertz CT molecular complexity index is 837. The third-order valence-electron chi connectivity index (χ3n) is 3.73. The molecule has 0 bridgehead atoms. The second-order valence-corrected chi connectivity index (χ2v) is 6.08. The highest BCUT2D eigenvalue weighted by Crippen LogP contribution is 2.24. The van der Waals surface area contributed by atoms with Crippen molar-refractivity contribution in [2.45, 2.75) is 19.9 Å². The van der Waals surface area contributed by atoms with E-state index in [1.54, 1.807) is 28.0 Å². The van der Waals surface area contributed by atoms with Crippen molar-refractivity contribution in [2.24, 2.45) is 0 Å². The first-order valence-electron chi connectivity index (χ1n) is 6.76. The van der Waals surface area contributed by atoms with Gasteiger partial charge in [0.2, 0.25) is 0 Å². The number of thiophene rings is 1. The molecule has 3 aromatic rings. The van der Waals surface area contributed by atoms with Gasteiger partial charge in [0.05, 0.1) is 0 Å². The smallest absolute Gasteiger partial charge is 0.274 e. The average molecular weight is 299 g/mol. The van der Waals surface area contributed by atoms with Gasteiger partial charge in [-0.05, 0) is 42.5 Å². The second kappa shape index (κ2) is 4.63. The third-order valence-corrected chi connectivity index (χ3v) is 4.76. The molecule has 0 fully saturated rings. The summed E-state index contributed by atoms with van der Waals surface area (Å²) in [4.78, 5) is 15.9. The fourth-order valence-electron chi connectivity index (χ4n) is 2.59. The van der Waals surface area contributed by atoms with Crippen LogP contribution in [0.2, 0.25) is 0 Å². The lowest BCUT2D eigenvalue weighted by molar-refractivity contribution is 0.0728. The molecule has 0 aliphatic carbocycles. The van der Waals surface area contributed by atoms with E-state index < -0.39 is 0 Å². The molecule has 21 heavy (non-hydrogen) atoms. The van der Waals surface area contributed by atoms with Crippen molar-refractivity contribution in [3.63, 3.8) is 0 Å². The summed E-state index contributed by atoms with van der Waals surface area (Å²) >= 11 is 1.77. The normalized spacial score (nSPS) is 14.4. The topological polar surface area (TPSA) is 63.4 Å². The van der Waals surface area contributed by atoms with Crippen molar-refractivity contribution in [3.05, 3.63) is 45.5 Å². The lowest BCUT2D eigenvalue weighted by atomic mass is 10.1. The molecule has 0 saturated carbocycles. The highest BCUT2D eigenvalue weighted by Gasteiger charge is 2.23.